The lowest BCUT2D eigenvalue weighted by Gasteiger charge is -2.02. The molecule has 2 heterocycles. The summed E-state index contributed by atoms with van der Waals surface area (Å²) < 4.78 is 7.37. The molecule has 0 spiro atoms. The van der Waals surface area contributed by atoms with Crippen LogP contribution in [-0.4, -0.2) is 21.1 Å². The smallest absolute Gasteiger partial charge is 0.208 e. The molecule has 5 heteroatoms. The normalized spacial score (nSPS) is 10.9. The number of aryl methyl sites for hydroxylation is 2. The van der Waals surface area contributed by atoms with Gasteiger partial charge in [0.1, 0.15) is 11.6 Å². The average Bonchev–Trinajstić information content (AvgIpc) is 2.83. The SMILES string of the molecule is Cc1cnc(CNCCc2nccn2C)o1. The first-order valence-electron chi connectivity index (χ1n) is 5.34. The number of oxazole rings is 1. The van der Waals surface area contributed by atoms with E-state index in [0.29, 0.717) is 6.54 Å². The van der Waals surface area contributed by atoms with Gasteiger partial charge in [0.05, 0.1) is 12.7 Å². The minimum absolute atomic E-state index is 0.665. The fourth-order valence-electron chi connectivity index (χ4n) is 1.52. The third-order valence-electron chi connectivity index (χ3n) is 2.39. The second kappa shape index (κ2) is 4.94. The molecule has 2 aromatic heterocycles. The van der Waals surface area contributed by atoms with Gasteiger partial charge in [-0.1, -0.05) is 0 Å². The molecule has 0 saturated carbocycles. The van der Waals surface area contributed by atoms with Crippen LogP contribution in [0.4, 0.5) is 0 Å². The van der Waals surface area contributed by atoms with Crippen LogP contribution < -0.4 is 5.32 Å². The van der Waals surface area contributed by atoms with E-state index in [1.807, 2.05) is 30.9 Å². The summed E-state index contributed by atoms with van der Waals surface area (Å²) in [5, 5.41) is 3.27. The topological polar surface area (TPSA) is 55.9 Å². The zero-order chi connectivity index (χ0) is 11.4. The van der Waals surface area contributed by atoms with E-state index in [-0.39, 0.29) is 0 Å². The lowest BCUT2D eigenvalue weighted by molar-refractivity contribution is 0.449. The Morgan fingerprint density at radius 2 is 2.31 bits per heavy atom. The first-order valence-corrected chi connectivity index (χ1v) is 5.34. The molecule has 0 aliphatic carbocycles. The highest BCUT2D eigenvalue weighted by molar-refractivity contribution is 4.92. The lowest BCUT2D eigenvalue weighted by Crippen LogP contribution is -2.18. The van der Waals surface area contributed by atoms with Gasteiger partial charge in [0.2, 0.25) is 5.89 Å². The van der Waals surface area contributed by atoms with E-state index in [2.05, 4.69) is 15.3 Å². The minimum atomic E-state index is 0.665. The van der Waals surface area contributed by atoms with E-state index < -0.39 is 0 Å². The molecule has 0 bridgehead atoms. The Bertz CT molecular complexity index is 446. The molecule has 0 unspecified atom stereocenters. The molecule has 0 aromatic carbocycles. The van der Waals surface area contributed by atoms with Gasteiger partial charge in [-0.3, -0.25) is 0 Å². The zero-order valence-corrected chi connectivity index (χ0v) is 9.60. The van der Waals surface area contributed by atoms with E-state index in [1.165, 1.54) is 0 Å². The Kier molecular flexibility index (Phi) is 3.36. The summed E-state index contributed by atoms with van der Waals surface area (Å²) >= 11 is 0. The number of imidazole rings is 1. The quantitative estimate of drug-likeness (QED) is 0.765. The van der Waals surface area contributed by atoms with Crippen LogP contribution in [0.25, 0.3) is 0 Å². The van der Waals surface area contributed by atoms with Gasteiger partial charge in [-0.25, -0.2) is 9.97 Å². The monoisotopic (exact) mass is 220 g/mol. The summed E-state index contributed by atoms with van der Waals surface area (Å²) in [6.45, 7) is 3.43. The minimum Gasteiger partial charge on any atom is -0.445 e. The molecule has 2 rings (SSSR count). The number of aromatic nitrogens is 3. The largest absolute Gasteiger partial charge is 0.445 e. The van der Waals surface area contributed by atoms with E-state index in [1.54, 1.807) is 6.20 Å². The van der Waals surface area contributed by atoms with E-state index in [4.69, 9.17) is 4.42 Å². The molecule has 0 atom stereocenters. The van der Waals surface area contributed by atoms with Crippen molar-refractivity contribution < 1.29 is 4.42 Å². The molecular weight excluding hydrogens is 204 g/mol. The second-order valence-electron chi connectivity index (χ2n) is 3.75. The summed E-state index contributed by atoms with van der Waals surface area (Å²) in [5.74, 6) is 2.66. The van der Waals surface area contributed by atoms with Crippen molar-refractivity contribution in [2.24, 2.45) is 7.05 Å². The van der Waals surface area contributed by atoms with Crippen molar-refractivity contribution in [3.63, 3.8) is 0 Å². The Morgan fingerprint density at radius 1 is 1.44 bits per heavy atom. The molecule has 0 radical (unpaired) electrons. The van der Waals surface area contributed by atoms with Crippen LogP contribution in [0.3, 0.4) is 0 Å². The van der Waals surface area contributed by atoms with Crippen molar-refractivity contribution in [2.45, 2.75) is 19.9 Å². The molecular formula is C11H16N4O. The molecule has 0 amide bonds. The number of hydrogen-bond donors (Lipinski definition) is 1. The average molecular weight is 220 g/mol. The maximum atomic E-state index is 5.35. The zero-order valence-electron chi connectivity index (χ0n) is 9.60. The summed E-state index contributed by atoms with van der Waals surface area (Å²) in [6.07, 6.45) is 6.40. The molecule has 1 N–H and O–H groups in total. The van der Waals surface area contributed by atoms with Crippen LogP contribution in [0.2, 0.25) is 0 Å². The van der Waals surface area contributed by atoms with Crippen LogP contribution >= 0.6 is 0 Å². The molecule has 2 aromatic rings. The predicted octanol–water partition coefficient (Wildman–Crippen LogP) is 1.05. The fourth-order valence-corrected chi connectivity index (χ4v) is 1.52. The van der Waals surface area contributed by atoms with Gasteiger partial charge in [0, 0.05) is 32.4 Å². The number of nitrogens with one attached hydrogen (secondary N) is 1. The third kappa shape index (κ3) is 2.70. The fraction of sp³-hybridized carbons (Fsp3) is 0.455. The first-order chi connectivity index (χ1) is 7.75. The standard InChI is InChI=1S/C11H16N4O/c1-9-7-14-11(16-9)8-12-4-3-10-13-5-6-15(10)2/h5-7,12H,3-4,8H2,1-2H3. The Morgan fingerprint density at radius 3 is 2.94 bits per heavy atom. The van der Waals surface area contributed by atoms with Gasteiger partial charge < -0.3 is 14.3 Å². The van der Waals surface area contributed by atoms with E-state index in [0.717, 1.165) is 30.4 Å². The molecule has 0 aliphatic heterocycles. The molecule has 0 fully saturated rings. The summed E-state index contributed by atoms with van der Waals surface area (Å²) in [6, 6.07) is 0. The van der Waals surface area contributed by atoms with Crippen LogP contribution in [-0.2, 0) is 20.0 Å². The maximum absolute atomic E-state index is 5.35. The molecule has 86 valence electrons. The lowest BCUT2D eigenvalue weighted by atomic mass is 10.4. The Labute approximate surface area is 94.5 Å². The van der Waals surface area contributed by atoms with Crippen molar-refractivity contribution in [3.8, 4) is 0 Å². The molecule has 0 aliphatic rings. The summed E-state index contributed by atoms with van der Waals surface area (Å²) in [4.78, 5) is 8.37. The van der Waals surface area contributed by atoms with Crippen molar-refractivity contribution in [3.05, 3.63) is 36.1 Å². The maximum Gasteiger partial charge on any atom is 0.208 e. The van der Waals surface area contributed by atoms with Crippen molar-refractivity contribution >= 4 is 0 Å². The highest BCUT2D eigenvalue weighted by Gasteiger charge is 2.01. The molecule has 5 nitrogen and oxygen atoms in total. The molecule has 0 saturated heterocycles. The van der Waals surface area contributed by atoms with Crippen LogP contribution in [0.15, 0.2) is 23.0 Å². The van der Waals surface area contributed by atoms with Crippen LogP contribution in [0.5, 0.6) is 0 Å². The predicted molar refractivity (Wildman–Crippen MR) is 59.9 cm³/mol. The second-order valence-corrected chi connectivity index (χ2v) is 3.75. The van der Waals surface area contributed by atoms with Crippen molar-refractivity contribution in [1.29, 1.82) is 0 Å². The van der Waals surface area contributed by atoms with Gasteiger partial charge in [-0.15, -0.1) is 0 Å². The number of rotatable bonds is 5. The third-order valence-corrected chi connectivity index (χ3v) is 2.39. The van der Waals surface area contributed by atoms with Crippen molar-refractivity contribution in [1.82, 2.24) is 19.9 Å². The van der Waals surface area contributed by atoms with Crippen LogP contribution in [0, 0.1) is 6.92 Å². The van der Waals surface area contributed by atoms with Gasteiger partial charge >= 0.3 is 0 Å². The highest BCUT2D eigenvalue weighted by Crippen LogP contribution is 2.00. The summed E-state index contributed by atoms with van der Waals surface area (Å²) in [7, 11) is 2.00. The van der Waals surface area contributed by atoms with E-state index in [9.17, 15) is 0 Å². The number of hydrogen-bond acceptors (Lipinski definition) is 4. The van der Waals surface area contributed by atoms with Gasteiger partial charge in [-0.2, -0.15) is 0 Å². The van der Waals surface area contributed by atoms with E-state index >= 15 is 0 Å². The van der Waals surface area contributed by atoms with Gasteiger partial charge in [0.15, 0.2) is 0 Å². The molecule has 16 heavy (non-hydrogen) atoms. The van der Waals surface area contributed by atoms with Crippen LogP contribution in [0.1, 0.15) is 17.5 Å². The Balaban J connectivity index is 1.71. The van der Waals surface area contributed by atoms with Crippen molar-refractivity contribution in [2.75, 3.05) is 6.54 Å². The summed E-state index contributed by atoms with van der Waals surface area (Å²) in [5.41, 5.74) is 0. The highest BCUT2D eigenvalue weighted by atomic mass is 16.4. The van der Waals surface area contributed by atoms with Gasteiger partial charge in [-0.05, 0) is 6.92 Å². The first kappa shape index (κ1) is 10.9. The Hall–Kier alpha value is -1.62. The van der Waals surface area contributed by atoms with Gasteiger partial charge in [0.25, 0.3) is 0 Å². The number of nitrogens with zero attached hydrogens (tertiary/aromatic N) is 3.